The molecular formula is C74H147N5O28P6. The molecule has 113 heavy (non-hydrogen) atoms. The van der Waals surface area contributed by atoms with Crippen molar-refractivity contribution in [1.29, 1.82) is 0 Å². The van der Waals surface area contributed by atoms with Gasteiger partial charge in [-0.3, -0.25) is 41.8 Å². The van der Waals surface area contributed by atoms with Crippen molar-refractivity contribution in [3.05, 3.63) is 35.4 Å². The maximum Gasteiger partial charge on any atom is 0.407 e. The van der Waals surface area contributed by atoms with E-state index >= 15 is 0 Å². The van der Waals surface area contributed by atoms with Gasteiger partial charge in [0.25, 0.3) is 0 Å². The molecule has 0 heterocycles. The molecule has 0 bridgehead atoms. The first-order chi connectivity index (χ1) is 51.1. The highest BCUT2D eigenvalue weighted by Gasteiger charge is 2.29. The van der Waals surface area contributed by atoms with Crippen LogP contribution in [0.25, 0.3) is 6.08 Å². The standard InChI is InChI=1S/C14H18N2O.C13H27O4P.C11H24NO5P.C11H23O4P.C9H20NO5P.C9H19O4P.C7H16NO5P/c1-14(2,3)16-13(17)15-12-8-7-10-5-4-6-11(10)9-12;1-6-16-18(15,17-7-2)11-9-8-10-12(14)13(3,4)5;1-6-16-18(14,17-7-2)9-8-15-10(13)12-11(3,4)5;1-11(2,3)10(12)8-6-7-9-16(13,14-4)15-5;1-9(2,3)10-8(11)15-6-7-16(12,13-4)14-5;1-9(2,3)8(10)6-4-5-7-14(11,12)13;1-7(2,3)8-6(9)13-4-5-14(10,11)12/h4,6-9H,5H2,1-3H3,(H2,15,16,17);6-11H2,1-5H3;6-9H2,1-5H3,(H,12,13);6-9H2,1-5H3;6-7H2,1-5H3,(H,10,11);4-7H2,1-3H3,(H2,11,12,13);4-5H2,1-3H3,(H,8,9)(H2,10,11,12). The molecule has 0 fully saturated rings. The van der Waals surface area contributed by atoms with E-state index in [-0.39, 0.29) is 94.5 Å². The predicted octanol–water partition coefficient (Wildman–Crippen LogP) is 17.9. The summed E-state index contributed by atoms with van der Waals surface area (Å²) in [5, 5.41) is 13.4. The van der Waals surface area contributed by atoms with Gasteiger partial charge in [0.1, 0.15) is 37.2 Å². The van der Waals surface area contributed by atoms with Crippen LogP contribution in [0.15, 0.2) is 24.3 Å². The summed E-state index contributed by atoms with van der Waals surface area (Å²) in [7, 11) is -14.7. The molecule has 0 atom stereocenters. The van der Waals surface area contributed by atoms with E-state index in [0.29, 0.717) is 83.7 Å². The summed E-state index contributed by atoms with van der Waals surface area (Å²) in [5.74, 6) is 0.616. The van der Waals surface area contributed by atoms with E-state index in [1.807, 2.05) is 137 Å². The number of unbranched alkanes of at least 4 members (excludes halogenated alkanes) is 3. The first kappa shape index (κ1) is 117. The van der Waals surface area contributed by atoms with Gasteiger partial charge in [-0.05, 0) is 179 Å². The Morgan fingerprint density at radius 1 is 0.381 bits per heavy atom. The van der Waals surface area contributed by atoms with Crippen molar-refractivity contribution >= 4 is 99.0 Å². The number of rotatable bonds is 37. The summed E-state index contributed by atoms with van der Waals surface area (Å²) in [6, 6.07) is 5.83. The summed E-state index contributed by atoms with van der Waals surface area (Å²) < 4.78 is 122. The Hall–Kier alpha value is -4.05. The van der Waals surface area contributed by atoms with Gasteiger partial charge < -0.3 is 96.6 Å². The van der Waals surface area contributed by atoms with Crippen molar-refractivity contribution in [3.8, 4) is 0 Å². The molecule has 1 aliphatic rings. The normalized spacial score (nSPS) is 12.7. The zero-order valence-corrected chi connectivity index (χ0v) is 78.8. The van der Waals surface area contributed by atoms with Crippen LogP contribution < -0.4 is 26.6 Å². The van der Waals surface area contributed by atoms with Crippen molar-refractivity contribution in [2.45, 2.75) is 259 Å². The van der Waals surface area contributed by atoms with E-state index in [1.165, 1.54) is 39.6 Å². The Morgan fingerprint density at radius 3 is 0.956 bits per heavy atom. The number of urea groups is 1. The number of allylic oxidation sites excluding steroid dienone is 1. The lowest BCUT2D eigenvalue weighted by molar-refractivity contribution is -0.127. The summed E-state index contributed by atoms with van der Waals surface area (Å²) in [5.41, 5.74) is 1.06. The molecule has 1 aliphatic carbocycles. The van der Waals surface area contributed by atoms with Gasteiger partial charge in [0.05, 0.1) is 57.2 Å². The van der Waals surface area contributed by atoms with Gasteiger partial charge in [0.2, 0.25) is 0 Å². The molecule has 39 heteroatoms. The third-order valence-electron chi connectivity index (χ3n) is 14.0. The maximum absolute atomic E-state index is 12.1. The average molecular weight is 1740 g/mol. The van der Waals surface area contributed by atoms with Gasteiger partial charge in [-0.15, -0.1) is 0 Å². The maximum atomic E-state index is 12.1. The van der Waals surface area contributed by atoms with E-state index in [4.69, 9.17) is 65.2 Å². The monoisotopic (exact) mass is 1740 g/mol. The van der Waals surface area contributed by atoms with E-state index in [2.05, 4.69) is 49.5 Å². The van der Waals surface area contributed by atoms with Crippen LogP contribution in [0, 0.1) is 16.2 Å². The van der Waals surface area contributed by atoms with Crippen LogP contribution in [0.3, 0.4) is 0 Å². The number of ketones is 3. The molecule has 1 aromatic rings. The smallest absolute Gasteiger partial charge is 0.407 e. The molecule has 2 rings (SSSR count). The van der Waals surface area contributed by atoms with E-state index in [1.54, 1.807) is 48.5 Å². The molecule has 0 saturated carbocycles. The highest BCUT2D eigenvalue weighted by atomic mass is 31.2. The third-order valence-corrected chi connectivity index (χ3v) is 23.7. The fraction of sp³-hybridized carbons (Fsp3) is 0.797. The quantitative estimate of drug-likeness (QED) is 0.0170. The first-order valence-corrected chi connectivity index (χ1v) is 48.2. The molecule has 33 nitrogen and oxygen atoms in total. The van der Waals surface area contributed by atoms with Crippen LogP contribution in [0.1, 0.15) is 242 Å². The van der Waals surface area contributed by atoms with Crippen molar-refractivity contribution in [2.24, 2.45) is 16.2 Å². The van der Waals surface area contributed by atoms with Crippen LogP contribution in [0.4, 0.5) is 24.9 Å². The van der Waals surface area contributed by atoms with E-state index in [0.717, 1.165) is 24.9 Å². The zero-order valence-electron chi connectivity index (χ0n) is 73.4. The number of alkyl carbamates (subject to hydrolysis) is 3. The number of hydrogen-bond acceptors (Lipinski definition) is 24. The largest absolute Gasteiger partial charge is 0.449 e. The van der Waals surface area contributed by atoms with E-state index < -0.39 is 75.6 Å². The minimum atomic E-state index is -4.08. The molecule has 0 radical (unpaired) electrons. The van der Waals surface area contributed by atoms with Crippen LogP contribution in [0.5, 0.6) is 0 Å². The topological polar surface area (TPSA) is 465 Å². The minimum absolute atomic E-state index is 0.000802. The fourth-order valence-electron chi connectivity index (χ4n) is 8.16. The van der Waals surface area contributed by atoms with Crippen LogP contribution >= 0.6 is 45.6 Å². The van der Waals surface area contributed by atoms with Gasteiger partial charge in [-0.2, -0.15) is 0 Å². The average Bonchev–Trinajstić information content (AvgIpc) is 1.68. The highest BCUT2D eigenvalue weighted by Crippen LogP contribution is 2.50. The Morgan fingerprint density at radius 2 is 0.664 bits per heavy atom. The van der Waals surface area contributed by atoms with Crippen molar-refractivity contribution < 1.29 is 131 Å². The van der Waals surface area contributed by atoms with Crippen LogP contribution in [-0.4, -0.2) is 195 Å². The molecule has 0 aromatic heterocycles. The Labute approximate surface area is 676 Å². The number of benzene rings is 1. The summed E-state index contributed by atoms with van der Waals surface area (Å²) in [6.45, 7) is 47.4. The summed E-state index contributed by atoms with van der Waals surface area (Å²) in [4.78, 5) is 114. The number of fused-ring (bicyclic) bond motifs is 1. The third kappa shape index (κ3) is 71.8. The number of carbonyl (C=O) groups is 7. The second-order valence-electron chi connectivity index (χ2n) is 32.8. The first-order valence-electron chi connectivity index (χ1n) is 37.7. The zero-order chi connectivity index (χ0) is 89.4. The highest BCUT2D eigenvalue weighted by molar-refractivity contribution is 7.54. The van der Waals surface area contributed by atoms with Gasteiger partial charge in [-0.25, -0.2) is 19.2 Å². The number of nitrogens with one attached hydrogen (secondary N) is 5. The lowest BCUT2D eigenvalue weighted by Gasteiger charge is -2.21. The number of amides is 5. The van der Waals surface area contributed by atoms with Crippen molar-refractivity contribution in [3.63, 3.8) is 0 Å². The predicted molar refractivity (Wildman–Crippen MR) is 447 cm³/mol. The second kappa shape index (κ2) is 56.4. The molecule has 0 saturated heterocycles. The van der Waals surface area contributed by atoms with Crippen LogP contribution in [0.2, 0.25) is 0 Å². The minimum Gasteiger partial charge on any atom is -0.449 e. The molecule has 666 valence electrons. The number of ether oxygens (including phenoxy) is 3. The number of hydrogen-bond donors (Lipinski definition) is 9. The Bertz CT molecular complexity index is 3240. The lowest BCUT2D eigenvalue weighted by atomic mass is 9.88. The molecule has 9 N–H and O–H groups in total. The molecule has 0 aliphatic heterocycles. The molecule has 5 amide bonds. The molecule has 0 spiro atoms. The molecule has 1 aromatic carbocycles. The Kier molecular flexibility index (Phi) is 58.7. The summed E-state index contributed by atoms with van der Waals surface area (Å²) >= 11 is 0. The molecule has 0 unspecified atom stereocenters. The van der Waals surface area contributed by atoms with Gasteiger partial charge in [0, 0.05) is 98.0 Å². The Balaban J connectivity index is -0.000000402. The van der Waals surface area contributed by atoms with Crippen molar-refractivity contribution in [1.82, 2.24) is 21.3 Å². The van der Waals surface area contributed by atoms with E-state index in [9.17, 15) is 61.0 Å². The van der Waals surface area contributed by atoms with Gasteiger partial charge >= 0.3 is 69.9 Å². The number of Topliss-reactive ketones (excluding diaryl/α,β-unsaturated/α-hetero) is 3. The van der Waals surface area contributed by atoms with Crippen molar-refractivity contribution in [2.75, 3.05) is 117 Å². The molecular weight excluding hydrogens is 1590 g/mol. The SMILES string of the molecule is CC(C)(C)C(=O)CCCCP(=O)(O)O.CC(C)(C)NC(=O)Nc1ccc2c(c1)C=CC2.CC(C)(C)NC(=O)OCCP(=O)(O)O.CCOP(=O)(CCCCC(=O)C(C)(C)C)OCC.CCOP(=O)(CCOC(=O)NC(C)(C)C)OCC.COP(=O)(CCCCC(=O)C(C)(C)C)OC.COP(=O)(CCOC(=O)NC(C)(C)C)OC. The number of carbonyl (C=O) groups excluding carboxylic acids is 7. The van der Waals surface area contributed by atoms with Gasteiger partial charge in [0.15, 0.2) is 0 Å². The summed E-state index contributed by atoms with van der Waals surface area (Å²) in [6.07, 6.45) is 9.00. The lowest BCUT2D eigenvalue weighted by Crippen LogP contribution is -2.43. The second-order valence-corrected chi connectivity index (χ2v) is 45.5. The van der Waals surface area contributed by atoms with Gasteiger partial charge in [-0.1, -0.05) is 80.5 Å². The number of anilines is 1. The fourth-order valence-corrected chi connectivity index (χ4v) is 14.2. The van der Waals surface area contributed by atoms with Crippen LogP contribution in [-0.2, 0) is 98.6 Å².